The fourth-order valence-corrected chi connectivity index (χ4v) is 1.95. The Hall–Kier alpha value is -3.29. The van der Waals surface area contributed by atoms with Gasteiger partial charge in [-0.2, -0.15) is 0 Å². The van der Waals surface area contributed by atoms with Gasteiger partial charge >= 0.3 is 0 Å². The van der Waals surface area contributed by atoms with Gasteiger partial charge in [0.05, 0.1) is 0 Å². The first-order valence-corrected chi connectivity index (χ1v) is 10.6. The van der Waals surface area contributed by atoms with Gasteiger partial charge in [0.1, 0.15) is 0 Å². The lowest BCUT2D eigenvalue weighted by atomic mass is 10.0. The molecule has 0 saturated carbocycles. The lowest BCUT2D eigenvalue weighted by molar-refractivity contribution is 0.112. The molecule has 2 aromatic carbocycles. The number of hydrogen-bond acceptors (Lipinski definition) is 4. The number of nitrogens with one attached hydrogen (secondary N) is 1. The highest BCUT2D eigenvalue weighted by Crippen LogP contribution is 2.23. The van der Waals surface area contributed by atoms with Crippen LogP contribution in [0.3, 0.4) is 0 Å². The molecular formula is C27H43N3O. The maximum atomic E-state index is 10.9. The molecule has 2 rings (SSSR count). The van der Waals surface area contributed by atoms with Crippen molar-refractivity contribution in [1.82, 2.24) is 0 Å². The quantitative estimate of drug-likeness (QED) is 0.271. The van der Waals surface area contributed by atoms with Crippen LogP contribution in [0, 0.1) is 12.8 Å². The first-order valence-electron chi connectivity index (χ1n) is 10.6. The van der Waals surface area contributed by atoms with Gasteiger partial charge in [0.25, 0.3) is 0 Å². The monoisotopic (exact) mass is 425 g/mol. The molecule has 0 aliphatic rings. The number of terminal acetylenes is 1. The van der Waals surface area contributed by atoms with Gasteiger partial charge in [-0.15, -0.1) is 12.8 Å². The molecule has 0 amide bonds. The van der Waals surface area contributed by atoms with Gasteiger partial charge < -0.3 is 16.8 Å². The van der Waals surface area contributed by atoms with Crippen LogP contribution in [-0.4, -0.2) is 12.8 Å². The fraction of sp³-hybridized carbons (Fsp3) is 0.296. The van der Waals surface area contributed by atoms with Gasteiger partial charge in [0.15, 0.2) is 6.29 Å². The Morgan fingerprint density at radius 3 is 1.94 bits per heavy atom. The normalized spacial score (nSPS) is 7.55. The van der Waals surface area contributed by atoms with Crippen molar-refractivity contribution >= 4 is 29.4 Å². The van der Waals surface area contributed by atoms with E-state index in [1.165, 1.54) is 0 Å². The molecule has 5 N–H and O–H groups in total. The smallest absolute Gasteiger partial charge is 0.152 e. The van der Waals surface area contributed by atoms with Crippen molar-refractivity contribution in [3.8, 4) is 12.8 Å². The lowest BCUT2D eigenvalue weighted by Gasteiger charge is -2.13. The van der Waals surface area contributed by atoms with E-state index < -0.39 is 0 Å². The zero-order chi connectivity index (χ0) is 25.2. The van der Waals surface area contributed by atoms with Gasteiger partial charge in [-0.3, -0.25) is 4.79 Å². The molecule has 2 aromatic rings. The van der Waals surface area contributed by atoms with Crippen LogP contribution in [0.15, 0.2) is 55.6 Å². The highest BCUT2D eigenvalue weighted by Gasteiger charge is 2.05. The predicted molar refractivity (Wildman–Crippen MR) is 144 cm³/mol. The molecule has 0 radical (unpaired) electrons. The molecule has 0 unspecified atom stereocenters. The minimum atomic E-state index is 0.458. The number of nitrogen functional groups attached to an aromatic ring is 1. The van der Waals surface area contributed by atoms with Crippen molar-refractivity contribution in [2.75, 3.05) is 17.6 Å². The summed E-state index contributed by atoms with van der Waals surface area (Å²) in [6, 6.07) is 13.0. The Morgan fingerprint density at radius 2 is 1.48 bits per heavy atom. The average molecular weight is 426 g/mol. The largest absolute Gasteiger partial charge is 0.398 e. The molecule has 0 atom stereocenters. The van der Waals surface area contributed by atoms with Gasteiger partial charge in [0, 0.05) is 28.2 Å². The number of benzene rings is 2. The van der Waals surface area contributed by atoms with E-state index in [1.54, 1.807) is 18.2 Å². The minimum Gasteiger partial charge on any atom is -0.398 e. The van der Waals surface area contributed by atoms with Crippen molar-refractivity contribution in [1.29, 1.82) is 0 Å². The highest BCUT2D eigenvalue weighted by atomic mass is 16.1. The number of aldehydes is 1. The maximum absolute atomic E-state index is 10.9. The molecule has 4 heteroatoms. The first-order chi connectivity index (χ1) is 15.1. The SMILES string of the molecule is C#C.C=Cc1ccccc1C(=C)Nc1ccc(N)c(C=O)c1.CC.CC.CC.CCN. The molecule has 0 aliphatic heterocycles. The minimum absolute atomic E-state index is 0.458. The summed E-state index contributed by atoms with van der Waals surface area (Å²) in [5.74, 6) is 0. The Labute approximate surface area is 191 Å². The van der Waals surface area contributed by atoms with Crippen LogP contribution in [0.25, 0.3) is 11.8 Å². The van der Waals surface area contributed by atoms with E-state index in [9.17, 15) is 4.79 Å². The Bertz CT molecular complexity index is 734. The van der Waals surface area contributed by atoms with E-state index in [-0.39, 0.29) is 0 Å². The average Bonchev–Trinajstić information content (AvgIpc) is 2.85. The lowest BCUT2D eigenvalue weighted by Crippen LogP contribution is -2.01. The Morgan fingerprint density at radius 1 is 1.00 bits per heavy atom. The van der Waals surface area contributed by atoms with Gasteiger partial charge in [-0.05, 0) is 30.3 Å². The summed E-state index contributed by atoms with van der Waals surface area (Å²) in [7, 11) is 0. The maximum Gasteiger partial charge on any atom is 0.152 e. The summed E-state index contributed by atoms with van der Waals surface area (Å²) in [6.07, 6.45) is 10.5. The summed E-state index contributed by atoms with van der Waals surface area (Å²) < 4.78 is 0. The van der Waals surface area contributed by atoms with E-state index >= 15 is 0 Å². The second kappa shape index (κ2) is 26.7. The van der Waals surface area contributed by atoms with Crippen LogP contribution in [0.1, 0.15) is 70.0 Å². The van der Waals surface area contributed by atoms with Crippen molar-refractivity contribution in [3.63, 3.8) is 0 Å². The number of hydrogen-bond donors (Lipinski definition) is 3. The number of rotatable bonds is 5. The molecule has 0 fully saturated rings. The molecule has 0 spiro atoms. The molecule has 172 valence electrons. The van der Waals surface area contributed by atoms with Crippen LogP contribution in [-0.2, 0) is 0 Å². The Kier molecular flexibility index (Phi) is 30.3. The van der Waals surface area contributed by atoms with Crippen molar-refractivity contribution in [2.24, 2.45) is 5.73 Å². The van der Waals surface area contributed by atoms with Gasteiger partial charge in [-0.1, -0.05) is 92.0 Å². The van der Waals surface area contributed by atoms with Gasteiger partial charge in [-0.25, -0.2) is 0 Å². The van der Waals surface area contributed by atoms with Crippen LogP contribution in [0.4, 0.5) is 11.4 Å². The van der Waals surface area contributed by atoms with Crippen LogP contribution < -0.4 is 16.8 Å². The molecule has 0 aliphatic carbocycles. The summed E-state index contributed by atoms with van der Waals surface area (Å²) >= 11 is 0. The molecule has 31 heavy (non-hydrogen) atoms. The molecule has 0 saturated heterocycles. The molecule has 0 heterocycles. The van der Waals surface area contributed by atoms with Crippen molar-refractivity contribution in [3.05, 3.63) is 72.3 Å². The van der Waals surface area contributed by atoms with E-state index in [4.69, 9.17) is 11.5 Å². The van der Waals surface area contributed by atoms with E-state index in [0.29, 0.717) is 11.3 Å². The number of nitrogens with two attached hydrogens (primary N) is 2. The number of anilines is 2. The third-order valence-electron chi connectivity index (χ3n) is 3.01. The van der Waals surface area contributed by atoms with E-state index in [1.807, 2.05) is 78.8 Å². The second-order valence-corrected chi connectivity index (χ2v) is 4.76. The zero-order valence-electron chi connectivity index (χ0n) is 20.5. The molecule has 0 aromatic heterocycles. The first kappa shape index (κ1) is 35.2. The van der Waals surface area contributed by atoms with Crippen LogP contribution in [0.2, 0.25) is 0 Å². The topological polar surface area (TPSA) is 81.1 Å². The highest BCUT2D eigenvalue weighted by molar-refractivity contribution is 5.87. The molecule has 0 bridgehead atoms. The van der Waals surface area contributed by atoms with E-state index in [0.717, 1.165) is 35.3 Å². The zero-order valence-corrected chi connectivity index (χ0v) is 20.5. The van der Waals surface area contributed by atoms with Crippen LogP contribution in [0.5, 0.6) is 0 Å². The summed E-state index contributed by atoms with van der Waals surface area (Å²) in [5, 5.41) is 3.18. The van der Waals surface area contributed by atoms with Crippen molar-refractivity contribution < 1.29 is 4.79 Å². The van der Waals surface area contributed by atoms with E-state index in [2.05, 4.69) is 31.3 Å². The number of carbonyl (C=O) groups is 1. The van der Waals surface area contributed by atoms with Crippen LogP contribution >= 0.6 is 0 Å². The third kappa shape index (κ3) is 15.2. The summed E-state index contributed by atoms with van der Waals surface area (Å²) in [5.41, 5.74) is 14.9. The standard InChI is InChI=1S/C17H16N2O.C2H7N.3C2H6.C2H2/c1-3-13-6-4-5-7-16(13)12(2)19-15-8-9-17(18)14(10-15)11-20;1-2-3;4*1-2/h3-11,19H,1-2,18H2;2-3H2,1H3;3*1-2H3;1-2H. The fourth-order valence-electron chi connectivity index (χ4n) is 1.95. The summed E-state index contributed by atoms with van der Waals surface area (Å²) in [4.78, 5) is 10.9. The molecule has 4 nitrogen and oxygen atoms in total. The molecular weight excluding hydrogens is 382 g/mol. The number of carbonyl (C=O) groups excluding carboxylic acids is 1. The van der Waals surface area contributed by atoms with Gasteiger partial charge in [0.2, 0.25) is 0 Å². The summed E-state index contributed by atoms with van der Waals surface area (Å²) in [6.45, 7) is 22.5. The van der Waals surface area contributed by atoms with Crippen molar-refractivity contribution in [2.45, 2.75) is 48.5 Å². The second-order valence-electron chi connectivity index (χ2n) is 4.76. The Balaban J connectivity index is -0.000000286. The predicted octanol–water partition coefficient (Wildman–Crippen LogP) is 7.10. The third-order valence-corrected chi connectivity index (χ3v) is 3.01.